The van der Waals surface area contributed by atoms with Gasteiger partial charge in [0.15, 0.2) is 0 Å². The van der Waals surface area contributed by atoms with E-state index in [1.165, 1.54) is 18.4 Å². The van der Waals surface area contributed by atoms with Gasteiger partial charge in [-0.15, -0.1) is 0 Å². The molecule has 2 heterocycles. The van der Waals surface area contributed by atoms with Crippen LogP contribution in [0.4, 0.5) is 0 Å². The normalized spacial score (nSPS) is 26.1. The predicted octanol–water partition coefficient (Wildman–Crippen LogP) is 4.54. The standard InChI is InChI=1S/C21H25NO3/c1-24-16-10-8-15(9-11-16)19-6-3-2-4-12-22(19)21(23)18-14-17(18)20-7-5-13-25-20/h5,7-11,13,17-19H,2-4,6,12,14H2,1H3/t17-,18-,19+/m1/s1. The van der Waals surface area contributed by atoms with Crippen LogP contribution in [0.3, 0.4) is 0 Å². The third-order valence-electron chi connectivity index (χ3n) is 5.55. The fourth-order valence-corrected chi connectivity index (χ4v) is 4.04. The van der Waals surface area contributed by atoms with Crippen LogP contribution >= 0.6 is 0 Å². The van der Waals surface area contributed by atoms with Crippen molar-refractivity contribution in [3.63, 3.8) is 0 Å². The zero-order valence-corrected chi connectivity index (χ0v) is 14.7. The van der Waals surface area contributed by atoms with Crippen molar-refractivity contribution in [2.45, 2.75) is 44.1 Å². The largest absolute Gasteiger partial charge is 0.497 e. The summed E-state index contributed by atoms with van der Waals surface area (Å²) >= 11 is 0. The lowest BCUT2D eigenvalue weighted by atomic mass is 10.00. The molecule has 1 aliphatic heterocycles. The monoisotopic (exact) mass is 339 g/mol. The molecule has 0 unspecified atom stereocenters. The van der Waals surface area contributed by atoms with Gasteiger partial charge in [-0.2, -0.15) is 0 Å². The number of carbonyl (C=O) groups excluding carboxylic acids is 1. The van der Waals surface area contributed by atoms with Gasteiger partial charge >= 0.3 is 0 Å². The molecule has 0 radical (unpaired) electrons. The average molecular weight is 339 g/mol. The maximum Gasteiger partial charge on any atom is 0.226 e. The highest BCUT2D eigenvalue weighted by Crippen LogP contribution is 2.50. The van der Waals surface area contributed by atoms with Crippen molar-refractivity contribution in [1.82, 2.24) is 4.90 Å². The summed E-state index contributed by atoms with van der Waals surface area (Å²) in [5, 5.41) is 0. The van der Waals surface area contributed by atoms with Gasteiger partial charge in [-0.3, -0.25) is 4.79 Å². The summed E-state index contributed by atoms with van der Waals surface area (Å²) in [6.07, 6.45) is 7.11. The summed E-state index contributed by atoms with van der Waals surface area (Å²) in [5.74, 6) is 2.46. The lowest BCUT2D eigenvalue weighted by Gasteiger charge is -2.31. The van der Waals surface area contributed by atoms with Gasteiger partial charge in [-0.1, -0.05) is 25.0 Å². The number of hydrogen-bond donors (Lipinski definition) is 0. The summed E-state index contributed by atoms with van der Waals surface area (Å²) in [6.45, 7) is 0.858. The Kier molecular flexibility index (Phi) is 4.51. The van der Waals surface area contributed by atoms with Crippen LogP contribution in [-0.2, 0) is 4.79 Å². The van der Waals surface area contributed by atoms with Gasteiger partial charge in [0.1, 0.15) is 11.5 Å². The zero-order chi connectivity index (χ0) is 17.2. The molecule has 4 nitrogen and oxygen atoms in total. The van der Waals surface area contributed by atoms with Crippen molar-refractivity contribution < 1.29 is 13.9 Å². The molecule has 1 aromatic heterocycles. The molecule has 2 aliphatic rings. The fourth-order valence-electron chi connectivity index (χ4n) is 4.04. The predicted molar refractivity (Wildman–Crippen MR) is 95.5 cm³/mol. The number of carbonyl (C=O) groups is 1. The number of furan rings is 1. The van der Waals surface area contributed by atoms with Crippen LogP contribution in [0.2, 0.25) is 0 Å². The van der Waals surface area contributed by atoms with E-state index in [-0.39, 0.29) is 17.9 Å². The molecule has 2 aromatic rings. The van der Waals surface area contributed by atoms with Gasteiger partial charge in [-0.25, -0.2) is 0 Å². The minimum Gasteiger partial charge on any atom is -0.497 e. The van der Waals surface area contributed by atoms with E-state index >= 15 is 0 Å². The Hall–Kier alpha value is -2.23. The van der Waals surface area contributed by atoms with E-state index in [2.05, 4.69) is 17.0 Å². The fraction of sp³-hybridized carbons (Fsp3) is 0.476. The number of methoxy groups -OCH3 is 1. The second kappa shape index (κ2) is 6.95. The van der Waals surface area contributed by atoms with Gasteiger partial charge in [0, 0.05) is 18.4 Å². The molecular weight excluding hydrogens is 314 g/mol. The topological polar surface area (TPSA) is 42.7 Å². The van der Waals surface area contributed by atoms with Crippen LogP contribution in [0.15, 0.2) is 47.1 Å². The third-order valence-corrected chi connectivity index (χ3v) is 5.55. The minimum atomic E-state index is 0.0880. The summed E-state index contributed by atoms with van der Waals surface area (Å²) in [7, 11) is 1.68. The van der Waals surface area contributed by atoms with Crippen LogP contribution in [-0.4, -0.2) is 24.5 Å². The highest BCUT2D eigenvalue weighted by Gasteiger charge is 2.48. The maximum absolute atomic E-state index is 13.2. The van der Waals surface area contributed by atoms with Crippen molar-refractivity contribution in [3.8, 4) is 5.75 Å². The summed E-state index contributed by atoms with van der Waals surface area (Å²) in [6, 6.07) is 12.3. The zero-order valence-electron chi connectivity index (χ0n) is 14.7. The Bertz CT molecular complexity index is 707. The molecular formula is C21H25NO3. The van der Waals surface area contributed by atoms with Gasteiger partial charge in [-0.05, 0) is 49.1 Å². The molecule has 0 bridgehead atoms. The van der Waals surface area contributed by atoms with Crippen LogP contribution in [0, 0.1) is 5.92 Å². The first-order valence-corrected chi connectivity index (χ1v) is 9.26. The van der Waals surface area contributed by atoms with Gasteiger partial charge in [0.05, 0.1) is 19.4 Å². The number of ether oxygens (including phenoxy) is 1. The SMILES string of the molecule is COc1ccc([C@@H]2CCCCCN2C(=O)[C@@H]2C[C@H]2c2ccco2)cc1. The first kappa shape index (κ1) is 16.2. The highest BCUT2D eigenvalue weighted by atomic mass is 16.5. The van der Waals surface area contributed by atoms with Gasteiger partial charge in [0.2, 0.25) is 5.91 Å². The Morgan fingerprint density at radius 3 is 2.72 bits per heavy atom. The molecule has 1 aliphatic carbocycles. The van der Waals surface area contributed by atoms with E-state index in [4.69, 9.17) is 9.15 Å². The summed E-state index contributed by atoms with van der Waals surface area (Å²) in [5.41, 5.74) is 1.21. The lowest BCUT2D eigenvalue weighted by Crippen LogP contribution is -2.36. The first-order valence-electron chi connectivity index (χ1n) is 9.26. The van der Waals surface area contributed by atoms with Crippen molar-refractivity contribution in [1.29, 1.82) is 0 Å². The third kappa shape index (κ3) is 3.30. The molecule has 132 valence electrons. The number of rotatable bonds is 4. The molecule has 4 heteroatoms. The summed E-state index contributed by atoms with van der Waals surface area (Å²) < 4.78 is 10.8. The number of amides is 1. The van der Waals surface area contributed by atoms with Crippen LogP contribution in [0.5, 0.6) is 5.75 Å². The Balaban J connectivity index is 1.53. The van der Waals surface area contributed by atoms with E-state index in [0.717, 1.165) is 37.3 Å². The Morgan fingerprint density at radius 2 is 2.00 bits per heavy atom. The second-order valence-corrected chi connectivity index (χ2v) is 7.13. The minimum absolute atomic E-state index is 0.0880. The molecule has 0 N–H and O–H groups in total. The number of likely N-dealkylation sites (tertiary alicyclic amines) is 1. The van der Waals surface area contributed by atoms with E-state index in [9.17, 15) is 4.79 Å². The Morgan fingerprint density at radius 1 is 1.16 bits per heavy atom. The lowest BCUT2D eigenvalue weighted by molar-refractivity contribution is -0.135. The van der Waals surface area contributed by atoms with E-state index < -0.39 is 0 Å². The van der Waals surface area contributed by atoms with E-state index in [0.29, 0.717) is 5.91 Å². The molecule has 1 saturated heterocycles. The number of hydrogen-bond acceptors (Lipinski definition) is 3. The maximum atomic E-state index is 13.2. The van der Waals surface area contributed by atoms with Crippen LogP contribution in [0.25, 0.3) is 0 Å². The first-order chi connectivity index (χ1) is 12.3. The van der Waals surface area contributed by atoms with Crippen molar-refractivity contribution in [2.75, 3.05) is 13.7 Å². The van der Waals surface area contributed by atoms with Gasteiger partial charge in [0.25, 0.3) is 0 Å². The van der Waals surface area contributed by atoms with Crippen molar-refractivity contribution in [2.24, 2.45) is 5.92 Å². The molecule has 4 rings (SSSR count). The molecule has 25 heavy (non-hydrogen) atoms. The molecule has 1 aromatic carbocycles. The average Bonchev–Trinajstić information content (AvgIpc) is 3.34. The van der Waals surface area contributed by atoms with Crippen LogP contribution < -0.4 is 4.74 Å². The van der Waals surface area contributed by atoms with Crippen molar-refractivity contribution in [3.05, 3.63) is 54.0 Å². The number of nitrogens with zero attached hydrogens (tertiary/aromatic N) is 1. The molecule has 3 atom stereocenters. The second-order valence-electron chi connectivity index (χ2n) is 7.13. The quantitative estimate of drug-likeness (QED) is 0.821. The van der Waals surface area contributed by atoms with Gasteiger partial charge < -0.3 is 14.1 Å². The highest BCUT2D eigenvalue weighted by molar-refractivity contribution is 5.83. The van der Waals surface area contributed by atoms with E-state index in [1.807, 2.05) is 24.3 Å². The molecule has 1 saturated carbocycles. The van der Waals surface area contributed by atoms with Crippen LogP contribution in [0.1, 0.15) is 55.4 Å². The molecule has 0 spiro atoms. The Labute approximate surface area is 148 Å². The molecule has 2 fully saturated rings. The number of benzene rings is 1. The van der Waals surface area contributed by atoms with E-state index in [1.54, 1.807) is 13.4 Å². The summed E-state index contributed by atoms with van der Waals surface area (Å²) in [4.78, 5) is 15.3. The van der Waals surface area contributed by atoms with Crippen molar-refractivity contribution >= 4 is 5.91 Å². The smallest absolute Gasteiger partial charge is 0.226 e. The molecule has 1 amide bonds.